The Labute approximate surface area is 232 Å². The van der Waals surface area contributed by atoms with Gasteiger partial charge in [-0.1, -0.05) is 18.6 Å². The lowest BCUT2D eigenvalue weighted by Crippen LogP contribution is -2.57. The van der Waals surface area contributed by atoms with Gasteiger partial charge in [-0.2, -0.15) is 12.6 Å². The third-order valence-corrected chi connectivity index (χ3v) is 6.06. The van der Waals surface area contributed by atoms with Crippen LogP contribution in [0.1, 0.15) is 37.7 Å². The molecule has 13 N–H and O–H groups in total. The number of nitrogens with zero attached hydrogens (tertiary/aromatic N) is 1. The number of carboxylic acid groups (broad SMARTS) is 1. The molecule has 1 aromatic rings. The molecule has 0 aliphatic heterocycles. The first-order valence-electron chi connectivity index (χ1n) is 12.5. The van der Waals surface area contributed by atoms with E-state index in [1.807, 2.05) is 0 Å². The van der Waals surface area contributed by atoms with Gasteiger partial charge in [-0.05, 0) is 49.9 Å². The number of carbonyl (C=O) groups excluding carboxylic acids is 3. The molecule has 1 aromatic carbocycles. The number of aliphatic imine (C=N–C) groups is 1. The van der Waals surface area contributed by atoms with Crippen molar-refractivity contribution in [1.82, 2.24) is 16.0 Å². The number of thiol groups is 1. The first-order valence-corrected chi connectivity index (χ1v) is 13.1. The largest absolute Gasteiger partial charge is 0.508 e. The molecule has 3 amide bonds. The fourth-order valence-electron chi connectivity index (χ4n) is 3.50. The van der Waals surface area contributed by atoms with Gasteiger partial charge in [0.05, 0.1) is 6.04 Å². The molecule has 0 heterocycles. The Morgan fingerprint density at radius 2 is 1.46 bits per heavy atom. The van der Waals surface area contributed by atoms with Gasteiger partial charge in [0, 0.05) is 18.7 Å². The summed E-state index contributed by atoms with van der Waals surface area (Å²) in [6.07, 6.45) is 2.04. The van der Waals surface area contributed by atoms with Gasteiger partial charge in [-0.15, -0.1) is 0 Å². The normalized spacial score (nSPS) is 13.8. The van der Waals surface area contributed by atoms with E-state index in [9.17, 15) is 29.4 Å². The SMILES string of the molecule is NCCCCC(N)C(=O)NC(CS)C(=O)NC(CCCN=C(N)N)C(=O)NC(Cc1ccc(O)cc1)C(=O)O. The maximum absolute atomic E-state index is 13.1. The van der Waals surface area contributed by atoms with Gasteiger partial charge in [-0.3, -0.25) is 19.4 Å². The first-order chi connectivity index (χ1) is 18.5. The Hall–Kier alpha value is -3.56. The molecule has 0 saturated carbocycles. The second-order valence-corrected chi connectivity index (χ2v) is 9.28. The number of guanidine groups is 1. The first kappa shape index (κ1) is 33.5. The molecule has 15 heteroatoms. The highest BCUT2D eigenvalue weighted by Crippen LogP contribution is 2.12. The molecule has 0 aliphatic carbocycles. The Balaban J connectivity index is 2.95. The molecule has 4 atom stereocenters. The number of hydrogen-bond donors (Lipinski definition) is 10. The predicted molar refractivity (Wildman–Crippen MR) is 150 cm³/mol. The zero-order chi connectivity index (χ0) is 29.4. The summed E-state index contributed by atoms with van der Waals surface area (Å²) >= 11 is 4.14. The van der Waals surface area contributed by atoms with E-state index in [0.717, 1.165) is 0 Å². The number of aromatic hydroxyl groups is 1. The number of amides is 3. The summed E-state index contributed by atoms with van der Waals surface area (Å²) < 4.78 is 0. The van der Waals surface area contributed by atoms with E-state index in [2.05, 4.69) is 33.6 Å². The van der Waals surface area contributed by atoms with Crippen LogP contribution in [0.4, 0.5) is 0 Å². The molecule has 0 bridgehead atoms. The number of benzene rings is 1. The molecule has 14 nitrogen and oxygen atoms in total. The van der Waals surface area contributed by atoms with Gasteiger partial charge in [0.15, 0.2) is 5.96 Å². The highest BCUT2D eigenvalue weighted by atomic mass is 32.1. The molecular formula is C24H40N8O6S. The third-order valence-electron chi connectivity index (χ3n) is 5.69. The van der Waals surface area contributed by atoms with E-state index in [1.165, 1.54) is 24.3 Å². The Morgan fingerprint density at radius 1 is 0.872 bits per heavy atom. The summed E-state index contributed by atoms with van der Waals surface area (Å²) in [4.78, 5) is 54.2. The molecule has 218 valence electrons. The summed E-state index contributed by atoms with van der Waals surface area (Å²) in [5.41, 5.74) is 22.6. The van der Waals surface area contributed by atoms with Gasteiger partial charge in [-0.25, -0.2) is 4.79 Å². The third kappa shape index (κ3) is 13.2. The number of nitrogens with one attached hydrogen (secondary N) is 3. The smallest absolute Gasteiger partial charge is 0.326 e. The zero-order valence-electron chi connectivity index (χ0n) is 21.7. The number of unbranched alkanes of at least 4 members (excludes halogenated alkanes) is 1. The number of carbonyl (C=O) groups is 4. The van der Waals surface area contributed by atoms with Crippen LogP contribution >= 0.6 is 12.6 Å². The fraction of sp³-hybridized carbons (Fsp3) is 0.542. The minimum atomic E-state index is -1.31. The van der Waals surface area contributed by atoms with Crippen molar-refractivity contribution < 1.29 is 29.4 Å². The van der Waals surface area contributed by atoms with Crippen LogP contribution < -0.4 is 38.9 Å². The molecule has 0 spiro atoms. The highest BCUT2D eigenvalue weighted by molar-refractivity contribution is 7.80. The quantitative estimate of drug-likeness (QED) is 0.0399. The molecule has 0 fully saturated rings. The molecule has 4 unspecified atom stereocenters. The van der Waals surface area contributed by atoms with Crippen molar-refractivity contribution in [2.75, 3.05) is 18.8 Å². The van der Waals surface area contributed by atoms with Gasteiger partial charge < -0.3 is 49.1 Å². The molecule has 0 aromatic heterocycles. The number of phenolic OH excluding ortho intramolecular Hbond substituents is 1. The van der Waals surface area contributed by atoms with Crippen molar-refractivity contribution in [2.24, 2.45) is 27.9 Å². The molecule has 0 radical (unpaired) electrons. The summed E-state index contributed by atoms with van der Waals surface area (Å²) in [7, 11) is 0. The van der Waals surface area contributed by atoms with E-state index in [-0.39, 0.29) is 43.3 Å². The summed E-state index contributed by atoms with van der Waals surface area (Å²) in [5, 5.41) is 26.6. The molecule has 0 aliphatic rings. The lowest BCUT2D eigenvalue weighted by atomic mass is 10.0. The van der Waals surface area contributed by atoms with E-state index in [4.69, 9.17) is 22.9 Å². The standard InChI is InChI=1S/C24H40N8O6S/c25-10-2-1-4-16(26)20(34)32-19(13-39)22(36)30-17(5-3-11-29-24(27)28)21(35)31-18(23(37)38)12-14-6-8-15(33)9-7-14/h6-9,16-19,33,39H,1-5,10-13,25-26H2,(H,30,36)(H,31,35)(H,32,34)(H,37,38)(H4,27,28,29). The Morgan fingerprint density at radius 3 is 2.03 bits per heavy atom. The predicted octanol–water partition coefficient (Wildman–Crippen LogP) is -2.09. The van der Waals surface area contributed by atoms with Crippen molar-refractivity contribution in [3.05, 3.63) is 29.8 Å². The van der Waals surface area contributed by atoms with Crippen LogP contribution in [0.2, 0.25) is 0 Å². The highest BCUT2D eigenvalue weighted by Gasteiger charge is 2.29. The summed E-state index contributed by atoms with van der Waals surface area (Å²) in [6, 6.07) is 1.46. The van der Waals surface area contributed by atoms with Crippen molar-refractivity contribution in [3.63, 3.8) is 0 Å². The van der Waals surface area contributed by atoms with Crippen LogP contribution in [0.25, 0.3) is 0 Å². The Kier molecular flexibility index (Phi) is 15.3. The average molecular weight is 569 g/mol. The number of phenols is 1. The van der Waals surface area contributed by atoms with Gasteiger partial charge in [0.1, 0.15) is 23.9 Å². The number of nitrogens with two attached hydrogens (primary N) is 4. The second kappa shape index (κ2) is 17.9. The lowest BCUT2D eigenvalue weighted by Gasteiger charge is -2.24. The fourth-order valence-corrected chi connectivity index (χ4v) is 3.75. The molecule has 1 rings (SSSR count). The summed E-state index contributed by atoms with van der Waals surface area (Å²) in [5.74, 6) is -3.47. The monoisotopic (exact) mass is 568 g/mol. The van der Waals surface area contributed by atoms with Crippen molar-refractivity contribution in [3.8, 4) is 5.75 Å². The maximum Gasteiger partial charge on any atom is 0.326 e. The van der Waals surface area contributed by atoms with Gasteiger partial charge in [0.2, 0.25) is 17.7 Å². The second-order valence-electron chi connectivity index (χ2n) is 8.91. The molecular weight excluding hydrogens is 528 g/mol. The number of hydrogen-bond acceptors (Lipinski definition) is 9. The molecule has 39 heavy (non-hydrogen) atoms. The summed E-state index contributed by atoms with van der Waals surface area (Å²) in [6.45, 7) is 0.641. The average Bonchev–Trinajstić information content (AvgIpc) is 2.89. The minimum Gasteiger partial charge on any atom is -0.508 e. The van der Waals surface area contributed by atoms with E-state index in [1.54, 1.807) is 0 Å². The number of rotatable bonds is 18. The van der Waals surface area contributed by atoms with Gasteiger partial charge >= 0.3 is 5.97 Å². The van der Waals surface area contributed by atoms with Crippen LogP contribution in [0.5, 0.6) is 5.75 Å². The van der Waals surface area contributed by atoms with Crippen LogP contribution in [-0.4, -0.2) is 82.9 Å². The van der Waals surface area contributed by atoms with Crippen molar-refractivity contribution >= 4 is 42.3 Å². The minimum absolute atomic E-state index is 0.0144. The molecule has 0 saturated heterocycles. The topological polar surface area (TPSA) is 261 Å². The van der Waals surface area contributed by atoms with Crippen molar-refractivity contribution in [1.29, 1.82) is 0 Å². The maximum atomic E-state index is 13.1. The van der Waals surface area contributed by atoms with Crippen LogP contribution in [0, 0.1) is 0 Å². The number of carboxylic acids is 1. The Bertz CT molecular complexity index is 974. The van der Waals surface area contributed by atoms with E-state index < -0.39 is 47.9 Å². The number of aliphatic carboxylic acids is 1. The van der Waals surface area contributed by atoms with Crippen LogP contribution in [0.3, 0.4) is 0 Å². The lowest BCUT2D eigenvalue weighted by molar-refractivity contribution is -0.142. The van der Waals surface area contributed by atoms with E-state index >= 15 is 0 Å². The van der Waals surface area contributed by atoms with Crippen LogP contribution in [0.15, 0.2) is 29.3 Å². The zero-order valence-corrected chi connectivity index (χ0v) is 22.6. The van der Waals surface area contributed by atoms with Gasteiger partial charge in [0.25, 0.3) is 0 Å². The van der Waals surface area contributed by atoms with E-state index in [0.29, 0.717) is 31.4 Å². The van der Waals surface area contributed by atoms with Crippen LogP contribution in [-0.2, 0) is 25.6 Å². The van der Waals surface area contributed by atoms with Crippen molar-refractivity contribution in [2.45, 2.75) is 62.7 Å².